The van der Waals surface area contributed by atoms with Crippen LogP contribution in [0.4, 0.5) is 0 Å². The van der Waals surface area contributed by atoms with Crippen LogP contribution in [0.5, 0.6) is 0 Å². The van der Waals surface area contributed by atoms with Crippen LogP contribution >= 0.6 is 11.6 Å². The second-order valence-corrected chi connectivity index (χ2v) is 4.70. The molecule has 1 heterocycles. The number of benzene rings is 2. The minimum Gasteiger partial charge on any atom is -0.298 e. The van der Waals surface area contributed by atoms with Crippen molar-refractivity contribution in [3.05, 3.63) is 71.4 Å². The van der Waals surface area contributed by atoms with Crippen LogP contribution in [-0.4, -0.2) is 16.1 Å². The molecule has 4 heteroatoms. The van der Waals surface area contributed by atoms with E-state index in [1.54, 1.807) is 16.9 Å². The molecule has 3 rings (SSSR count). The van der Waals surface area contributed by atoms with Crippen LogP contribution in [-0.2, 0) is 0 Å². The molecule has 0 aliphatic rings. The van der Waals surface area contributed by atoms with Gasteiger partial charge in [0.15, 0.2) is 6.29 Å². The van der Waals surface area contributed by atoms with Gasteiger partial charge < -0.3 is 0 Å². The van der Waals surface area contributed by atoms with Crippen LogP contribution in [0.15, 0.2) is 60.8 Å². The van der Waals surface area contributed by atoms with Crippen molar-refractivity contribution in [2.75, 3.05) is 0 Å². The van der Waals surface area contributed by atoms with Gasteiger partial charge in [-0.1, -0.05) is 54.1 Å². The van der Waals surface area contributed by atoms with E-state index in [-0.39, 0.29) is 0 Å². The third kappa shape index (κ3) is 2.12. The quantitative estimate of drug-likeness (QED) is 0.681. The van der Waals surface area contributed by atoms with Crippen LogP contribution in [0.2, 0.25) is 5.02 Å². The summed E-state index contributed by atoms with van der Waals surface area (Å²) in [5.74, 6) is 0. The lowest BCUT2D eigenvalue weighted by atomic mass is 10.1. The number of hydrogen-bond acceptors (Lipinski definition) is 2. The maximum absolute atomic E-state index is 11.2. The second-order valence-electron chi connectivity index (χ2n) is 4.30. The lowest BCUT2D eigenvalue weighted by Crippen LogP contribution is -2.00. The van der Waals surface area contributed by atoms with Gasteiger partial charge in [-0.2, -0.15) is 5.10 Å². The van der Waals surface area contributed by atoms with Crippen molar-refractivity contribution in [3.63, 3.8) is 0 Å². The molecule has 3 nitrogen and oxygen atoms in total. The fraction of sp³-hybridized carbons (Fsp3) is 0. The van der Waals surface area contributed by atoms with Crippen LogP contribution in [0, 0.1) is 0 Å². The summed E-state index contributed by atoms with van der Waals surface area (Å²) < 4.78 is 1.70. The molecule has 0 N–H and O–H groups in total. The summed E-state index contributed by atoms with van der Waals surface area (Å²) in [6, 6.07) is 17.1. The van der Waals surface area contributed by atoms with E-state index in [1.807, 2.05) is 48.5 Å². The predicted octanol–water partition coefficient (Wildman–Crippen LogP) is 4.01. The first kappa shape index (κ1) is 12.6. The highest BCUT2D eigenvalue weighted by Gasteiger charge is 2.15. The van der Waals surface area contributed by atoms with Gasteiger partial charge in [-0.05, 0) is 12.1 Å². The minimum atomic E-state index is 0.538. The van der Waals surface area contributed by atoms with Gasteiger partial charge in [0.05, 0.1) is 28.2 Å². The molecule has 0 aliphatic heterocycles. The zero-order valence-electron chi connectivity index (χ0n) is 10.5. The fourth-order valence-electron chi connectivity index (χ4n) is 2.14. The number of aldehydes is 1. The van der Waals surface area contributed by atoms with Crippen molar-refractivity contribution in [1.29, 1.82) is 0 Å². The van der Waals surface area contributed by atoms with Crippen molar-refractivity contribution >= 4 is 17.9 Å². The van der Waals surface area contributed by atoms with E-state index in [9.17, 15) is 4.79 Å². The summed E-state index contributed by atoms with van der Waals surface area (Å²) in [6.07, 6.45) is 2.36. The topological polar surface area (TPSA) is 34.9 Å². The molecule has 0 radical (unpaired) electrons. The smallest absolute Gasteiger partial charge is 0.153 e. The first-order valence-corrected chi connectivity index (χ1v) is 6.52. The summed E-state index contributed by atoms with van der Waals surface area (Å²) in [7, 11) is 0. The van der Waals surface area contributed by atoms with Gasteiger partial charge in [-0.3, -0.25) is 4.79 Å². The first-order valence-electron chi connectivity index (χ1n) is 6.15. The summed E-state index contributed by atoms with van der Waals surface area (Å²) >= 11 is 6.22. The fourth-order valence-corrected chi connectivity index (χ4v) is 2.35. The number of para-hydroxylation sites is 1. The van der Waals surface area contributed by atoms with Crippen molar-refractivity contribution < 1.29 is 4.79 Å². The Morgan fingerprint density at radius 3 is 2.40 bits per heavy atom. The molecule has 0 saturated carbocycles. The zero-order chi connectivity index (χ0) is 13.9. The van der Waals surface area contributed by atoms with Gasteiger partial charge in [-0.15, -0.1) is 0 Å². The SMILES string of the molecule is O=Cc1cnn(-c2ccccc2Cl)c1-c1ccccc1. The number of carbonyl (C=O) groups is 1. The average Bonchev–Trinajstić information content (AvgIpc) is 2.92. The van der Waals surface area contributed by atoms with E-state index < -0.39 is 0 Å². The molecular formula is C16H11ClN2O. The highest BCUT2D eigenvalue weighted by Crippen LogP contribution is 2.28. The molecule has 3 aromatic rings. The molecule has 0 atom stereocenters. The predicted molar refractivity (Wildman–Crippen MR) is 79.4 cm³/mol. The van der Waals surface area contributed by atoms with Gasteiger partial charge in [0.2, 0.25) is 0 Å². The Bertz CT molecular complexity index is 750. The molecule has 0 unspecified atom stereocenters. The van der Waals surface area contributed by atoms with E-state index >= 15 is 0 Å². The lowest BCUT2D eigenvalue weighted by Gasteiger charge is -2.10. The largest absolute Gasteiger partial charge is 0.298 e. The normalized spacial score (nSPS) is 10.4. The van der Waals surface area contributed by atoms with E-state index in [1.165, 1.54) is 0 Å². The molecule has 0 saturated heterocycles. The zero-order valence-corrected chi connectivity index (χ0v) is 11.3. The monoisotopic (exact) mass is 282 g/mol. The molecule has 98 valence electrons. The number of rotatable bonds is 3. The summed E-state index contributed by atoms with van der Waals surface area (Å²) in [4.78, 5) is 11.2. The Kier molecular flexibility index (Phi) is 3.35. The van der Waals surface area contributed by atoms with E-state index in [4.69, 9.17) is 11.6 Å². The summed E-state index contributed by atoms with van der Waals surface area (Å²) in [5.41, 5.74) is 2.96. The van der Waals surface area contributed by atoms with Crippen molar-refractivity contribution in [2.24, 2.45) is 0 Å². The average molecular weight is 283 g/mol. The first-order chi connectivity index (χ1) is 9.81. The standard InChI is InChI=1S/C16H11ClN2O/c17-14-8-4-5-9-15(14)19-16(13(11-20)10-18-19)12-6-2-1-3-7-12/h1-11H. The van der Waals surface area contributed by atoms with E-state index in [0.29, 0.717) is 10.6 Å². The molecule has 0 aliphatic carbocycles. The maximum Gasteiger partial charge on any atom is 0.153 e. The van der Waals surface area contributed by atoms with Gasteiger partial charge >= 0.3 is 0 Å². The number of hydrogen-bond donors (Lipinski definition) is 0. The number of aromatic nitrogens is 2. The van der Waals surface area contributed by atoms with Crippen LogP contribution in [0.1, 0.15) is 10.4 Å². The molecule has 0 amide bonds. The Labute approximate surface area is 121 Å². The van der Waals surface area contributed by atoms with E-state index in [2.05, 4.69) is 5.10 Å². The lowest BCUT2D eigenvalue weighted by molar-refractivity contribution is 0.112. The third-order valence-corrected chi connectivity index (χ3v) is 3.37. The van der Waals surface area contributed by atoms with Gasteiger partial charge in [0.1, 0.15) is 0 Å². The molecule has 0 fully saturated rings. The Balaban J connectivity index is 2.26. The number of halogens is 1. The summed E-state index contributed by atoms with van der Waals surface area (Å²) in [6.45, 7) is 0. The van der Waals surface area contributed by atoms with Gasteiger partial charge in [0, 0.05) is 5.56 Å². The van der Waals surface area contributed by atoms with Gasteiger partial charge in [0.25, 0.3) is 0 Å². The molecule has 1 aromatic heterocycles. The minimum absolute atomic E-state index is 0.538. The molecule has 20 heavy (non-hydrogen) atoms. The van der Waals surface area contributed by atoms with Crippen molar-refractivity contribution in [2.45, 2.75) is 0 Å². The van der Waals surface area contributed by atoms with Crippen LogP contribution in [0.25, 0.3) is 16.9 Å². The summed E-state index contributed by atoms with van der Waals surface area (Å²) in [5, 5.41) is 4.88. The molecule has 0 spiro atoms. The molecule has 2 aromatic carbocycles. The van der Waals surface area contributed by atoms with Crippen LogP contribution in [0.3, 0.4) is 0 Å². The van der Waals surface area contributed by atoms with E-state index in [0.717, 1.165) is 23.2 Å². The van der Waals surface area contributed by atoms with Crippen LogP contribution < -0.4 is 0 Å². The Hall–Kier alpha value is -2.39. The van der Waals surface area contributed by atoms with Gasteiger partial charge in [-0.25, -0.2) is 4.68 Å². The second kappa shape index (κ2) is 5.31. The number of nitrogens with zero attached hydrogens (tertiary/aromatic N) is 2. The van der Waals surface area contributed by atoms with Crippen molar-refractivity contribution in [1.82, 2.24) is 9.78 Å². The maximum atomic E-state index is 11.2. The highest BCUT2D eigenvalue weighted by atomic mass is 35.5. The molecular weight excluding hydrogens is 272 g/mol. The third-order valence-electron chi connectivity index (χ3n) is 3.05. The Morgan fingerprint density at radius 1 is 1.00 bits per heavy atom. The highest BCUT2D eigenvalue weighted by molar-refractivity contribution is 6.32. The number of carbonyl (C=O) groups excluding carboxylic acids is 1. The van der Waals surface area contributed by atoms with Crippen molar-refractivity contribution in [3.8, 4) is 16.9 Å². The molecule has 0 bridgehead atoms. The Morgan fingerprint density at radius 2 is 1.70 bits per heavy atom.